The fourth-order valence-corrected chi connectivity index (χ4v) is 3.95. The van der Waals surface area contributed by atoms with Crippen molar-refractivity contribution in [3.8, 4) is 22.8 Å². The van der Waals surface area contributed by atoms with E-state index >= 15 is 0 Å². The minimum absolute atomic E-state index is 0.209. The fraction of sp³-hybridized carbons (Fsp3) is 0.240. The van der Waals surface area contributed by atoms with Crippen LogP contribution in [0.3, 0.4) is 0 Å². The first-order chi connectivity index (χ1) is 15.9. The Kier molecular flexibility index (Phi) is 5.12. The van der Waals surface area contributed by atoms with E-state index in [9.17, 15) is 4.79 Å². The van der Waals surface area contributed by atoms with Crippen molar-refractivity contribution in [2.75, 3.05) is 0 Å². The summed E-state index contributed by atoms with van der Waals surface area (Å²) >= 11 is 0. The van der Waals surface area contributed by atoms with Gasteiger partial charge in [-0.2, -0.15) is 5.10 Å². The van der Waals surface area contributed by atoms with E-state index in [1.54, 1.807) is 15.4 Å². The van der Waals surface area contributed by atoms with E-state index in [-0.39, 0.29) is 5.69 Å². The zero-order chi connectivity index (χ0) is 23.1. The highest BCUT2D eigenvalue weighted by atomic mass is 16.1. The number of nitrogens with one attached hydrogen (secondary N) is 1. The Labute approximate surface area is 191 Å². The Balaban J connectivity index is 1.50. The molecule has 5 aromatic rings. The Morgan fingerprint density at radius 2 is 1.76 bits per heavy atom. The van der Waals surface area contributed by atoms with Crippen LogP contribution in [0.2, 0.25) is 0 Å². The first kappa shape index (κ1) is 20.8. The molecule has 5 rings (SSSR count). The normalized spacial score (nSPS) is 11.5. The predicted molar refractivity (Wildman–Crippen MR) is 128 cm³/mol. The van der Waals surface area contributed by atoms with E-state index < -0.39 is 0 Å². The van der Waals surface area contributed by atoms with Crippen LogP contribution in [0.1, 0.15) is 36.7 Å². The van der Waals surface area contributed by atoms with Crippen molar-refractivity contribution in [1.82, 2.24) is 34.3 Å². The lowest BCUT2D eigenvalue weighted by atomic mass is 9.97. The van der Waals surface area contributed by atoms with Gasteiger partial charge in [-0.15, -0.1) is 0 Å². The van der Waals surface area contributed by atoms with Crippen LogP contribution in [0, 0.1) is 6.92 Å². The number of nitrogens with zero attached hydrogens (tertiary/aromatic N) is 6. The van der Waals surface area contributed by atoms with Crippen molar-refractivity contribution in [3.05, 3.63) is 82.2 Å². The number of hydrogen-bond donors (Lipinski definition) is 1. The average molecular weight is 440 g/mol. The fourth-order valence-electron chi connectivity index (χ4n) is 3.95. The predicted octanol–water partition coefficient (Wildman–Crippen LogP) is 4.06. The summed E-state index contributed by atoms with van der Waals surface area (Å²) in [5, 5.41) is 4.43. The third kappa shape index (κ3) is 3.84. The van der Waals surface area contributed by atoms with Crippen molar-refractivity contribution < 1.29 is 0 Å². The summed E-state index contributed by atoms with van der Waals surface area (Å²) in [5.74, 6) is 2.50. The smallest absolute Gasteiger partial charge is 0.303 e. The first-order valence-electron chi connectivity index (χ1n) is 10.9. The maximum atomic E-state index is 12.7. The molecule has 3 heterocycles. The minimum atomic E-state index is -0.209. The summed E-state index contributed by atoms with van der Waals surface area (Å²) in [4.78, 5) is 29.4. The molecule has 0 saturated heterocycles. The molecule has 0 spiro atoms. The van der Waals surface area contributed by atoms with Gasteiger partial charge in [-0.3, -0.25) is 9.25 Å². The van der Waals surface area contributed by atoms with Gasteiger partial charge >= 0.3 is 5.69 Å². The highest BCUT2D eigenvalue weighted by Gasteiger charge is 2.15. The van der Waals surface area contributed by atoms with Gasteiger partial charge in [-0.1, -0.05) is 62.4 Å². The number of aryl methyl sites for hydroxylation is 2. The van der Waals surface area contributed by atoms with E-state index in [4.69, 9.17) is 4.98 Å². The molecule has 2 aromatic carbocycles. The molecular formula is C25H25N7O. The van der Waals surface area contributed by atoms with E-state index in [0.717, 1.165) is 22.5 Å². The summed E-state index contributed by atoms with van der Waals surface area (Å²) in [6.45, 7) is 6.62. The second-order valence-electron chi connectivity index (χ2n) is 8.49. The summed E-state index contributed by atoms with van der Waals surface area (Å²) in [7, 11) is 1.87. The number of benzene rings is 2. The molecule has 0 bridgehead atoms. The molecule has 0 fully saturated rings. The molecule has 8 nitrogen and oxygen atoms in total. The molecule has 3 aromatic heterocycles. The lowest BCUT2D eigenvalue weighted by molar-refractivity contribution is 0.736. The first-order valence-corrected chi connectivity index (χ1v) is 10.9. The van der Waals surface area contributed by atoms with E-state index in [1.165, 1.54) is 5.56 Å². The SMILES string of the molecule is Cc1nc(-c2ccc(Cn3c(=O)[nH]c4cnc(-c5ccccc5C(C)C)nc43)cc2)nn1C. The summed E-state index contributed by atoms with van der Waals surface area (Å²) in [6.07, 6.45) is 1.69. The van der Waals surface area contributed by atoms with Gasteiger partial charge in [0.15, 0.2) is 17.3 Å². The molecule has 0 aliphatic rings. The second-order valence-corrected chi connectivity index (χ2v) is 8.49. The van der Waals surface area contributed by atoms with Crippen molar-refractivity contribution >= 4 is 11.2 Å². The van der Waals surface area contributed by atoms with Gasteiger partial charge in [-0.25, -0.2) is 19.7 Å². The van der Waals surface area contributed by atoms with Gasteiger partial charge in [0.1, 0.15) is 11.3 Å². The molecule has 0 amide bonds. The van der Waals surface area contributed by atoms with Gasteiger partial charge in [0.05, 0.1) is 12.7 Å². The quantitative estimate of drug-likeness (QED) is 0.446. The number of fused-ring (bicyclic) bond motifs is 1. The van der Waals surface area contributed by atoms with Crippen molar-refractivity contribution in [2.45, 2.75) is 33.2 Å². The van der Waals surface area contributed by atoms with Crippen molar-refractivity contribution in [2.24, 2.45) is 7.05 Å². The van der Waals surface area contributed by atoms with E-state index in [2.05, 4.69) is 40.0 Å². The van der Waals surface area contributed by atoms with Crippen LogP contribution >= 0.6 is 0 Å². The number of hydrogen-bond acceptors (Lipinski definition) is 5. The van der Waals surface area contributed by atoms with Gasteiger partial charge in [0.2, 0.25) is 0 Å². The van der Waals surface area contributed by atoms with Crippen molar-refractivity contribution in [1.29, 1.82) is 0 Å². The summed E-state index contributed by atoms with van der Waals surface area (Å²) in [5.41, 5.74) is 5.08. The maximum Gasteiger partial charge on any atom is 0.328 e. The molecule has 166 valence electrons. The van der Waals surface area contributed by atoms with Gasteiger partial charge in [-0.05, 0) is 24.0 Å². The molecule has 1 N–H and O–H groups in total. The Morgan fingerprint density at radius 1 is 1.00 bits per heavy atom. The molecule has 0 saturated carbocycles. The van der Waals surface area contributed by atoms with Crippen LogP contribution in [0.25, 0.3) is 33.9 Å². The molecule has 8 heteroatoms. The minimum Gasteiger partial charge on any atom is -0.303 e. The second kappa shape index (κ2) is 8.12. The molecule has 0 radical (unpaired) electrons. The monoisotopic (exact) mass is 439 g/mol. The van der Waals surface area contributed by atoms with Gasteiger partial charge < -0.3 is 4.98 Å². The Bertz CT molecular complexity index is 1490. The van der Waals surface area contributed by atoms with Crippen molar-refractivity contribution in [3.63, 3.8) is 0 Å². The van der Waals surface area contributed by atoms with E-state index in [0.29, 0.717) is 35.3 Å². The number of H-pyrrole nitrogens is 1. The van der Waals surface area contributed by atoms with Gasteiger partial charge in [0, 0.05) is 18.2 Å². The summed E-state index contributed by atoms with van der Waals surface area (Å²) < 4.78 is 3.40. The summed E-state index contributed by atoms with van der Waals surface area (Å²) in [6, 6.07) is 16.1. The molecule has 0 atom stereocenters. The topological polar surface area (TPSA) is 94.3 Å². The van der Waals surface area contributed by atoms with Crippen LogP contribution < -0.4 is 5.69 Å². The number of aromatic nitrogens is 7. The standard InChI is InChI=1S/C25H25N7O/c1-15(2)19-7-5-6-8-20(19)23-26-13-21-24(29-23)32(25(33)28-21)14-17-9-11-18(12-10-17)22-27-16(3)31(4)30-22/h5-13,15H,14H2,1-4H3,(H,28,33). The third-order valence-electron chi connectivity index (χ3n) is 5.87. The average Bonchev–Trinajstić information content (AvgIpc) is 3.32. The maximum absolute atomic E-state index is 12.7. The molecule has 0 aliphatic heterocycles. The lowest BCUT2D eigenvalue weighted by Crippen LogP contribution is -2.17. The van der Waals surface area contributed by atoms with Crippen LogP contribution in [0.15, 0.2) is 59.5 Å². The number of aromatic amines is 1. The molecule has 33 heavy (non-hydrogen) atoms. The largest absolute Gasteiger partial charge is 0.328 e. The van der Waals surface area contributed by atoms with E-state index in [1.807, 2.05) is 56.4 Å². The molecule has 0 aliphatic carbocycles. The Morgan fingerprint density at radius 3 is 2.45 bits per heavy atom. The van der Waals surface area contributed by atoms with Gasteiger partial charge in [0.25, 0.3) is 0 Å². The number of rotatable bonds is 5. The third-order valence-corrected chi connectivity index (χ3v) is 5.87. The molecular weight excluding hydrogens is 414 g/mol. The van der Waals surface area contributed by atoms with Crippen LogP contribution in [-0.4, -0.2) is 34.3 Å². The zero-order valence-electron chi connectivity index (χ0n) is 19.1. The Hall–Kier alpha value is -4.07. The molecule has 0 unspecified atom stereocenters. The van der Waals surface area contributed by atoms with Crippen LogP contribution in [0.4, 0.5) is 0 Å². The van der Waals surface area contributed by atoms with Crippen LogP contribution in [-0.2, 0) is 13.6 Å². The highest BCUT2D eigenvalue weighted by molar-refractivity contribution is 5.73. The van der Waals surface area contributed by atoms with Crippen LogP contribution in [0.5, 0.6) is 0 Å². The highest BCUT2D eigenvalue weighted by Crippen LogP contribution is 2.27. The lowest BCUT2D eigenvalue weighted by Gasteiger charge is -2.11. The zero-order valence-corrected chi connectivity index (χ0v) is 19.1. The number of imidazole rings is 1.